The van der Waals surface area contributed by atoms with Gasteiger partial charge in [-0.1, -0.05) is 6.07 Å². The molecule has 2 aliphatic heterocycles. The fourth-order valence-electron chi connectivity index (χ4n) is 2.34. The second kappa shape index (κ2) is 5.06. The van der Waals surface area contributed by atoms with Crippen LogP contribution in [0.3, 0.4) is 0 Å². The minimum atomic E-state index is -3.54. The number of anilines is 1. The molecule has 1 saturated heterocycles. The Morgan fingerprint density at radius 2 is 2.30 bits per heavy atom. The summed E-state index contributed by atoms with van der Waals surface area (Å²) in [6, 6.07) is 5.26. The van der Waals surface area contributed by atoms with Crippen LogP contribution < -0.4 is 10.0 Å². The number of guanidine groups is 1. The summed E-state index contributed by atoms with van der Waals surface area (Å²) in [6.45, 7) is 3.08. The molecule has 1 fully saturated rings. The molecule has 1 atom stereocenters. The predicted molar refractivity (Wildman–Crippen MR) is 76.4 cm³/mol. The van der Waals surface area contributed by atoms with Gasteiger partial charge in [0, 0.05) is 6.61 Å². The molecule has 0 aromatic heterocycles. The second-order valence-corrected chi connectivity index (χ2v) is 6.71. The van der Waals surface area contributed by atoms with Crippen molar-refractivity contribution in [2.75, 3.05) is 18.5 Å². The molecule has 3 rings (SSSR count). The minimum Gasteiger partial charge on any atom is -0.376 e. The number of nitrogens with one attached hydrogen (secondary N) is 2. The molecule has 1 aromatic rings. The van der Waals surface area contributed by atoms with Crippen molar-refractivity contribution in [2.24, 2.45) is 4.99 Å². The summed E-state index contributed by atoms with van der Waals surface area (Å²) in [5.41, 5.74) is 1.45. The first kappa shape index (κ1) is 13.4. The molecule has 108 valence electrons. The van der Waals surface area contributed by atoms with Gasteiger partial charge in [0.25, 0.3) is 10.0 Å². The predicted octanol–water partition coefficient (Wildman–Crippen LogP) is 1.23. The van der Waals surface area contributed by atoms with Gasteiger partial charge < -0.3 is 10.1 Å². The Kier molecular flexibility index (Phi) is 3.39. The van der Waals surface area contributed by atoms with Crippen molar-refractivity contribution in [2.45, 2.75) is 30.8 Å². The maximum atomic E-state index is 12.2. The smallest absolute Gasteiger partial charge is 0.266 e. The lowest BCUT2D eigenvalue weighted by Crippen LogP contribution is -2.41. The van der Waals surface area contributed by atoms with E-state index in [-0.39, 0.29) is 17.0 Å². The van der Waals surface area contributed by atoms with Crippen molar-refractivity contribution >= 4 is 21.7 Å². The number of sulfonamides is 1. The molecule has 2 N–H and O–H groups in total. The highest BCUT2D eigenvalue weighted by atomic mass is 32.2. The second-order valence-electron chi connectivity index (χ2n) is 5.05. The van der Waals surface area contributed by atoms with Crippen LogP contribution in [-0.2, 0) is 14.8 Å². The zero-order valence-corrected chi connectivity index (χ0v) is 12.0. The number of benzene rings is 1. The highest BCUT2D eigenvalue weighted by Gasteiger charge is 2.26. The summed E-state index contributed by atoms with van der Waals surface area (Å²) in [4.78, 5) is 4.53. The Morgan fingerprint density at radius 1 is 1.45 bits per heavy atom. The highest BCUT2D eigenvalue weighted by Crippen LogP contribution is 2.25. The fraction of sp³-hybridized carbons (Fsp3) is 0.462. The van der Waals surface area contributed by atoms with E-state index in [0.717, 1.165) is 25.0 Å². The lowest BCUT2D eigenvalue weighted by atomic mass is 10.2. The Morgan fingerprint density at radius 3 is 3.05 bits per heavy atom. The van der Waals surface area contributed by atoms with Gasteiger partial charge in [0.2, 0.25) is 5.96 Å². The van der Waals surface area contributed by atoms with Crippen LogP contribution in [-0.4, -0.2) is 33.6 Å². The lowest BCUT2D eigenvalue weighted by molar-refractivity contribution is 0.118. The summed E-state index contributed by atoms with van der Waals surface area (Å²) < 4.78 is 32.3. The van der Waals surface area contributed by atoms with Crippen molar-refractivity contribution in [3.05, 3.63) is 23.8 Å². The van der Waals surface area contributed by atoms with Crippen LogP contribution in [0.25, 0.3) is 0 Å². The van der Waals surface area contributed by atoms with E-state index in [0.29, 0.717) is 12.2 Å². The molecule has 2 aliphatic rings. The van der Waals surface area contributed by atoms with Crippen molar-refractivity contribution in [3.63, 3.8) is 0 Å². The van der Waals surface area contributed by atoms with E-state index < -0.39 is 10.0 Å². The Balaban J connectivity index is 1.84. The number of rotatable bonds is 2. The standard InChI is InChI=1S/C13H17N3O3S/c1-9-4-5-11-12(7-9)20(17,18)16-13(15-11)14-8-10-3-2-6-19-10/h4-5,7,10H,2-3,6,8H2,1H3,(H2,14,15,16). The van der Waals surface area contributed by atoms with Crippen molar-refractivity contribution in [1.29, 1.82) is 0 Å². The van der Waals surface area contributed by atoms with E-state index in [4.69, 9.17) is 4.74 Å². The van der Waals surface area contributed by atoms with E-state index in [1.807, 2.05) is 13.0 Å². The maximum absolute atomic E-state index is 12.2. The average Bonchev–Trinajstić information content (AvgIpc) is 2.90. The fourth-order valence-corrected chi connectivity index (χ4v) is 3.57. The van der Waals surface area contributed by atoms with Gasteiger partial charge in [-0.15, -0.1) is 0 Å². The number of aliphatic imine (C=N–C) groups is 1. The largest absolute Gasteiger partial charge is 0.376 e. The lowest BCUT2D eigenvalue weighted by Gasteiger charge is -2.22. The molecule has 0 spiro atoms. The van der Waals surface area contributed by atoms with Gasteiger partial charge in [-0.25, -0.2) is 18.1 Å². The first-order chi connectivity index (χ1) is 9.54. The molecule has 2 heterocycles. The topological polar surface area (TPSA) is 79.8 Å². The Labute approximate surface area is 118 Å². The van der Waals surface area contributed by atoms with Gasteiger partial charge >= 0.3 is 0 Å². The number of hydrogen-bond donors (Lipinski definition) is 2. The van der Waals surface area contributed by atoms with Crippen LogP contribution in [0.5, 0.6) is 0 Å². The van der Waals surface area contributed by atoms with E-state index >= 15 is 0 Å². The highest BCUT2D eigenvalue weighted by molar-refractivity contribution is 7.90. The third-order valence-electron chi connectivity index (χ3n) is 3.39. The van der Waals surface area contributed by atoms with Gasteiger partial charge in [-0.05, 0) is 37.5 Å². The molecule has 6 nitrogen and oxygen atoms in total. The van der Waals surface area contributed by atoms with Gasteiger partial charge in [0.05, 0.1) is 18.3 Å². The van der Waals surface area contributed by atoms with Crippen molar-refractivity contribution in [1.82, 2.24) is 4.72 Å². The summed E-state index contributed by atoms with van der Waals surface area (Å²) in [5, 5.41) is 3.01. The zero-order chi connectivity index (χ0) is 14.2. The van der Waals surface area contributed by atoms with Crippen molar-refractivity contribution in [3.8, 4) is 0 Å². The number of nitrogens with zero attached hydrogens (tertiary/aromatic N) is 1. The zero-order valence-electron chi connectivity index (χ0n) is 11.2. The molecular weight excluding hydrogens is 278 g/mol. The average molecular weight is 295 g/mol. The number of hydrogen-bond acceptors (Lipinski definition) is 4. The van der Waals surface area contributed by atoms with E-state index in [9.17, 15) is 8.42 Å². The molecular formula is C13H17N3O3S. The molecule has 0 amide bonds. The van der Waals surface area contributed by atoms with E-state index in [1.54, 1.807) is 12.1 Å². The monoisotopic (exact) mass is 295 g/mol. The normalized spacial score (nSPS) is 25.9. The molecule has 0 aliphatic carbocycles. The van der Waals surface area contributed by atoms with Gasteiger partial charge in [-0.3, -0.25) is 0 Å². The summed E-state index contributed by atoms with van der Waals surface area (Å²) in [6.07, 6.45) is 2.10. The quantitative estimate of drug-likeness (QED) is 0.860. The SMILES string of the molecule is Cc1ccc2c(c1)S(=O)(=O)NC(=NCC1CCCO1)N2. The van der Waals surface area contributed by atoms with Crippen LogP contribution in [0.1, 0.15) is 18.4 Å². The Bertz CT molecular complexity index is 649. The molecule has 0 radical (unpaired) electrons. The molecule has 0 bridgehead atoms. The summed E-state index contributed by atoms with van der Waals surface area (Å²) in [5.74, 6) is 0.261. The maximum Gasteiger partial charge on any atom is 0.266 e. The minimum absolute atomic E-state index is 0.0909. The first-order valence-electron chi connectivity index (χ1n) is 6.61. The Hall–Kier alpha value is -1.60. The molecule has 20 heavy (non-hydrogen) atoms. The van der Waals surface area contributed by atoms with Crippen LogP contribution >= 0.6 is 0 Å². The number of ether oxygens (including phenoxy) is 1. The van der Waals surface area contributed by atoms with Crippen LogP contribution in [0.4, 0.5) is 5.69 Å². The van der Waals surface area contributed by atoms with Crippen LogP contribution in [0.2, 0.25) is 0 Å². The van der Waals surface area contributed by atoms with Gasteiger partial charge in [0.1, 0.15) is 4.90 Å². The van der Waals surface area contributed by atoms with Gasteiger partial charge in [-0.2, -0.15) is 0 Å². The van der Waals surface area contributed by atoms with Crippen LogP contribution in [0.15, 0.2) is 28.1 Å². The van der Waals surface area contributed by atoms with Crippen LogP contribution in [0, 0.1) is 6.92 Å². The molecule has 1 aromatic carbocycles. The van der Waals surface area contributed by atoms with E-state index in [1.165, 1.54) is 0 Å². The van der Waals surface area contributed by atoms with Crippen molar-refractivity contribution < 1.29 is 13.2 Å². The summed E-state index contributed by atoms with van der Waals surface area (Å²) >= 11 is 0. The van der Waals surface area contributed by atoms with E-state index in [2.05, 4.69) is 15.0 Å². The third kappa shape index (κ3) is 2.64. The first-order valence-corrected chi connectivity index (χ1v) is 8.09. The summed E-state index contributed by atoms with van der Waals surface area (Å²) in [7, 11) is -3.54. The molecule has 7 heteroatoms. The van der Waals surface area contributed by atoms with Gasteiger partial charge in [0.15, 0.2) is 0 Å². The number of aryl methyl sites for hydroxylation is 1. The molecule has 1 unspecified atom stereocenters. The number of fused-ring (bicyclic) bond motifs is 1. The third-order valence-corrected chi connectivity index (χ3v) is 4.77. The molecule has 0 saturated carbocycles.